The molecule has 0 atom stereocenters. The number of hydrogen-bond acceptors (Lipinski definition) is 8. The number of methoxy groups -OCH3 is 1. The number of esters is 1. The maximum atomic E-state index is 12.3. The monoisotopic (exact) mass is 542 g/mol. The number of carbonyl (C=O) groups is 1. The van der Waals surface area contributed by atoms with Crippen LogP contribution in [0.2, 0.25) is 0 Å². The summed E-state index contributed by atoms with van der Waals surface area (Å²) < 4.78 is 7.38. The van der Waals surface area contributed by atoms with Crippen LogP contribution >= 0.6 is 0 Å². The number of hydrogen-bond donors (Lipinski definition) is 1. The fourth-order valence-corrected chi connectivity index (χ4v) is 5.41. The number of aromatic nitrogens is 6. The van der Waals surface area contributed by atoms with Crippen LogP contribution in [0, 0.1) is 0 Å². The molecule has 0 radical (unpaired) electrons. The van der Waals surface area contributed by atoms with Gasteiger partial charge < -0.3 is 14.2 Å². The molecule has 0 amide bonds. The van der Waals surface area contributed by atoms with Crippen molar-refractivity contribution in [1.82, 2.24) is 35.1 Å². The van der Waals surface area contributed by atoms with Gasteiger partial charge in [-0.05, 0) is 46.5 Å². The summed E-state index contributed by atoms with van der Waals surface area (Å²) in [5, 5.41) is 14.5. The van der Waals surface area contributed by atoms with Gasteiger partial charge in [0.25, 0.3) is 0 Å². The van der Waals surface area contributed by atoms with E-state index in [1.165, 1.54) is 24.8 Å². The number of benzene rings is 2. The molecule has 0 unspecified atom stereocenters. The van der Waals surface area contributed by atoms with Gasteiger partial charge in [0, 0.05) is 25.1 Å². The van der Waals surface area contributed by atoms with Gasteiger partial charge in [-0.1, -0.05) is 75.2 Å². The molecule has 10 heteroatoms. The van der Waals surface area contributed by atoms with Gasteiger partial charge in [0.1, 0.15) is 12.4 Å². The summed E-state index contributed by atoms with van der Waals surface area (Å²) >= 11 is 0. The summed E-state index contributed by atoms with van der Waals surface area (Å²) in [5.74, 6) is 2.40. The Bertz CT molecular complexity index is 1400. The second-order valence-electron chi connectivity index (χ2n) is 10.3. The Morgan fingerprint density at radius 1 is 1.02 bits per heavy atom. The van der Waals surface area contributed by atoms with Crippen LogP contribution in [0.5, 0.6) is 0 Å². The number of nitrogens with one attached hydrogen (secondary N) is 1. The lowest BCUT2D eigenvalue weighted by molar-refractivity contribution is -0.139. The van der Waals surface area contributed by atoms with Gasteiger partial charge in [-0.15, -0.1) is 5.10 Å². The SMILES string of the molecule is CCCCCc1nc2c(n1Cc1ccc(-c3ccccc3-c3nnn[nH]3)cc1)CN(CCC)CN2CC(=O)OC. The molecular formula is C30H38N8O2. The van der Waals surface area contributed by atoms with Gasteiger partial charge in [0.05, 0.1) is 19.5 Å². The molecule has 5 rings (SSSR count). The van der Waals surface area contributed by atoms with Crippen molar-refractivity contribution in [1.29, 1.82) is 0 Å². The topological polar surface area (TPSA) is 105 Å². The molecular weight excluding hydrogens is 504 g/mol. The van der Waals surface area contributed by atoms with Crippen molar-refractivity contribution in [3.8, 4) is 22.5 Å². The minimum Gasteiger partial charge on any atom is -0.468 e. The van der Waals surface area contributed by atoms with E-state index in [0.717, 1.165) is 73.7 Å². The molecule has 40 heavy (non-hydrogen) atoms. The van der Waals surface area contributed by atoms with Crippen molar-refractivity contribution >= 4 is 11.8 Å². The van der Waals surface area contributed by atoms with E-state index in [4.69, 9.17) is 9.72 Å². The summed E-state index contributed by atoms with van der Waals surface area (Å²) in [6, 6.07) is 16.8. The van der Waals surface area contributed by atoms with Crippen molar-refractivity contribution in [3.05, 3.63) is 65.6 Å². The average molecular weight is 543 g/mol. The number of nitrogens with zero attached hydrogens (tertiary/aromatic N) is 7. The van der Waals surface area contributed by atoms with E-state index < -0.39 is 0 Å². The highest BCUT2D eigenvalue weighted by Crippen LogP contribution is 2.32. The van der Waals surface area contributed by atoms with E-state index in [0.29, 0.717) is 12.5 Å². The van der Waals surface area contributed by atoms with Gasteiger partial charge in [0.15, 0.2) is 11.6 Å². The lowest BCUT2D eigenvalue weighted by Crippen LogP contribution is -2.45. The van der Waals surface area contributed by atoms with Crippen LogP contribution in [0.25, 0.3) is 22.5 Å². The Morgan fingerprint density at radius 3 is 2.52 bits per heavy atom. The second kappa shape index (κ2) is 12.9. The Kier molecular flexibility index (Phi) is 8.85. The van der Waals surface area contributed by atoms with Gasteiger partial charge in [-0.2, -0.15) is 0 Å². The van der Waals surface area contributed by atoms with Gasteiger partial charge in [-0.25, -0.2) is 10.1 Å². The predicted molar refractivity (Wildman–Crippen MR) is 155 cm³/mol. The molecule has 2 aromatic carbocycles. The maximum absolute atomic E-state index is 12.3. The number of aromatic amines is 1. The molecule has 0 aliphatic carbocycles. The largest absolute Gasteiger partial charge is 0.468 e. The van der Waals surface area contributed by atoms with Crippen molar-refractivity contribution < 1.29 is 9.53 Å². The third-order valence-electron chi connectivity index (χ3n) is 7.40. The van der Waals surface area contributed by atoms with Crippen molar-refractivity contribution in [2.75, 3.05) is 31.8 Å². The van der Waals surface area contributed by atoms with Crippen LogP contribution in [0.1, 0.15) is 56.6 Å². The van der Waals surface area contributed by atoms with Crippen LogP contribution < -0.4 is 4.90 Å². The first-order valence-corrected chi connectivity index (χ1v) is 14.2. The number of fused-ring (bicyclic) bond motifs is 1. The molecule has 1 N–H and O–H groups in total. The van der Waals surface area contributed by atoms with E-state index in [1.54, 1.807) is 0 Å². The second-order valence-corrected chi connectivity index (χ2v) is 10.3. The van der Waals surface area contributed by atoms with Gasteiger partial charge in [0.2, 0.25) is 0 Å². The van der Waals surface area contributed by atoms with E-state index in [-0.39, 0.29) is 12.5 Å². The number of unbranched alkanes of at least 4 members (excludes halogenated alkanes) is 2. The normalized spacial score (nSPS) is 13.4. The van der Waals surface area contributed by atoms with Crippen molar-refractivity contribution in [3.63, 3.8) is 0 Å². The third kappa shape index (κ3) is 6.07. The maximum Gasteiger partial charge on any atom is 0.325 e. The highest BCUT2D eigenvalue weighted by atomic mass is 16.5. The van der Waals surface area contributed by atoms with Crippen molar-refractivity contribution in [2.45, 2.75) is 59.0 Å². The molecule has 3 heterocycles. The zero-order valence-corrected chi connectivity index (χ0v) is 23.6. The number of H-pyrrole nitrogens is 1. The molecule has 1 aliphatic heterocycles. The molecule has 0 fully saturated rings. The molecule has 10 nitrogen and oxygen atoms in total. The molecule has 0 saturated carbocycles. The summed E-state index contributed by atoms with van der Waals surface area (Å²) in [6.07, 6.45) is 5.38. The number of ether oxygens (including phenoxy) is 1. The van der Waals surface area contributed by atoms with Gasteiger partial charge >= 0.3 is 5.97 Å². The fourth-order valence-electron chi connectivity index (χ4n) is 5.41. The van der Waals surface area contributed by atoms with Crippen LogP contribution in [-0.4, -0.2) is 67.9 Å². The minimum absolute atomic E-state index is 0.198. The Labute approximate surface area is 235 Å². The molecule has 210 valence electrons. The molecule has 4 aromatic rings. The third-order valence-corrected chi connectivity index (χ3v) is 7.40. The number of imidazole rings is 1. The number of carbonyl (C=O) groups excluding carboxylic acids is 1. The summed E-state index contributed by atoms with van der Waals surface area (Å²) in [6.45, 7) is 7.79. The summed E-state index contributed by atoms with van der Waals surface area (Å²) in [7, 11) is 1.44. The van der Waals surface area contributed by atoms with Crippen molar-refractivity contribution in [2.24, 2.45) is 0 Å². The highest BCUT2D eigenvalue weighted by molar-refractivity contribution is 5.80. The minimum atomic E-state index is -0.247. The molecule has 0 bridgehead atoms. The lowest BCUT2D eigenvalue weighted by atomic mass is 9.98. The van der Waals surface area contributed by atoms with Crippen LogP contribution in [0.15, 0.2) is 48.5 Å². The standard InChI is InChI=1S/C30H38N8O2/c1-4-6-7-12-27-31-30-26(19-36(17-5-2)21-37(30)20-28(39)40-3)38(27)18-22-13-15-23(16-14-22)24-10-8-9-11-25(24)29-32-34-35-33-29/h8-11,13-16H,4-7,12,17-21H2,1-3H3,(H,32,33,34,35). The number of anilines is 1. The molecule has 0 saturated heterocycles. The first-order valence-electron chi connectivity index (χ1n) is 14.2. The molecule has 0 spiro atoms. The quantitative estimate of drug-likeness (QED) is 0.203. The number of aryl methyl sites for hydroxylation is 1. The van der Waals surface area contributed by atoms with E-state index in [1.807, 2.05) is 18.2 Å². The fraction of sp³-hybridized carbons (Fsp3) is 0.433. The van der Waals surface area contributed by atoms with Gasteiger partial charge in [-0.3, -0.25) is 9.69 Å². The van der Waals surface area contributed by atoms with Crippen LogP contribution in [0.3, 0.4) is 0 Å². The Morgan fingerprint density at radius 2 is 1.82 bits per heavy atom. The molecule has 1 aliphatic rings. The zero-order valence-electron chi connectivity index (χ0n) is 23.6. The Balaban J connectivity index is 1.46. The first-order chi connectivity index (χ1) is 19.6. The van der Waals surface area contributed by atoms with E-state index in [9.17, 15) is 4.79 Å². The Hall–Kier alpha value is -4.05. The van der Waals surface area contributed by atoms with Crippen LogP contribution in [0.4, 0.5) is 5.82 Å². The number of tetrazole rings is 1. The highest BCUT2D eigenvalue weighted by Gasteiger charge is 2.30. The summed E-state index contributed by atoms with van der Waals surface area (Å²) in [4.78, 5) is 21.8. The molecule has 2 aromatic heterocycles. The van der Waals surface area contributed by atoms with E-state index >= 15 is 0 Å². The van der Waals surface area contributed by atoms with Crippen LogP contribution in [-0.2, 0) is 29.0 Å². The smallest absolute Gasteiger partial charge is 0.325 e. The zero-order chi connectivity index (χ0) is 27.9. The number of rotatable bonds is 12. The lowest BCUT2D eigenvalue weighted by Gasteiger charge is -2.35. The average Bonchev–Trinajstić information content (AvgIpc) is 3.63. The summed E-state index contributed by atoms with van der Waals surface area (Å²) in [5.41, 5.74) is 5.50. The predicted octanol–water partition coefficient (Wildman–Crippen LogP) is 4.67. The first kappa shape index (κ1) is 27.5. The van der Waals surface area contributed by atoms with E-state index in [2.05, 4.69) is 79.2 Å².